The van der Waals surface area contributed by atoms with Gasteiger partial charge in [0.15, 0.2) is 0 Å². The number of amidine groups is 1. The third-order valence-electron chi connectivity index (χ3n) is 6.54. The highest BCUT2D eigenvalue weighted by molar-refractivity contribution is 6.30. The van der Waals surface area contributed by atoms with E-state index in [0.29, 0.717) is 29.5 Å². The molecule has 5 rings (SSSR count). The maximum absolute atomic E-state index is 14.2. The predicted octanol–water partition coefficient (Wildman–Crippen LogP) is 4.46. The Balaban J connectivity index is 1.70. The highest BCUT2D eigenvalue weighted by Gasteiger charge is 2.45. The summed E-state index contributed by atoms with van der Waals surface area (Å²) in [7, 11) is 0. The fraction of sp³-hybridized carbons (Fsp3) is 0.296. The van der Waals surface area contributed by atoms with Gasteiger partial charge in [-0.3, -0.25) is 24.8 Å². The number of non-ortho nitro benzene ring substituents is 1. The number of benzene rings is 2. The van der Waals surface area contributed by atoms with Gasteiger partial charge in [-0.1, -0.05) is 23.7 Å². The maximum atomic E-state index is 14.2. The van der Waals surface area contributed by atoms with Gasteiger partial charge in [0.25, 0.3) is 5.69 Å². The molecule has 3 amide bonds. The number of nitro groups is 1. The number of nitrogens with one attached hydrogen (secondary N) is 2. The van der Waals surface area contributed by atoms with Crippen LogP contribution in [0.2, 0.25) is 5.02 Å². The van der Waals surface area contributed by atoms with Gasteiger partial charge in [0.1, 0.15) is 24.2 Å². The normalized spacial score (nSPS) is 19.2. The summed E-state index contributed by atoms with van der Waals surface area (Å²) in [5, 5.41) is 14.9. The number of aromatic nitrogens is 1. The van der Waals surface area contributed by atoms with E-state index in [0.717, 1.165) is 11.1 Å². The van der Waals surface area contributed by atoms with Crippen molar-refractivity contribution in [2.24, 2.45) is 4.99 Å². The van der Waals surface area contributed by atoms with E-state index in [1.54, 1.807) is 35.5 Å². The highest BCUT2D eigenvalue weighted by atomic mass is 35.5. The molecule has 2 N–H and O–H groups in total. The Morgan fingerprint density at radius 1 is 1.18 bits per heavy atom. The van der Waals surface area contributed by atoms with Gasteiger partial charge in [-0.15, -0.1) is 0 Å². The average Bonchev–Trinajstić information content (AvgIpc) is 3.56. The molecule has 1 aromatic heterocycles. The lowest BCUT2D eigenvalue weighted by Crippen LogP contribution is -2.55. The van der Waals surface area contributed by atoms with Gasteiger partial charge in [0.05, 0.1) is 28.7 Å². The number of piperazine rings is 1. The van der Waals surface area contributed by atoms with Gasteiger partial charge in [0.2, 0.25) is 5.91 Å². The van der Waals surface area contributed by atoms with Gasteiger partial charge in [-0.05, 0) is 49.2 Å². The zero-order valence-electron chi connectivity index (χ0n) is 21.3. The van der Waals surface area contributed by atoms with Crippen LogP contribution in [0.4, 0.5) is 10.5 Å². The van der Waals surface area contributed by atoms with E-state index in [-0.39, 0.29) is 30.0 Å². The summed E-state index contributed by atoms with van der Waals surface area (Å²) in [5.41, 5.74) is 1.91. The van der Waals surface area contributed by atoms with Crippen molar-refractivity contribution < 1.29 is 19.2 Å². The number of amides is 3. The molecular formula is C27H27ClN6O5. The molecule has 2 aliphatic heterocycles. The Bertz CT molecular complexity index is 1420. The molecule has 2 atom stereocenters. The molecule has 1 fully saturated rings. The summed E-state index contributed by atoms with van der Waals surface area (Å²) < 4.78 is 6.00. The summed E-state index contributed by atoms with van der Waals surface area (Å²) in [5.74, 6) is 0.276. The van der Waals surface area contributed by atoms with Crippen molar-refractivity contribution in [3.63, 3.8) is 0 Å². The van der Waals surface area contributed by atoms with Crippen LogP contribution < -0.4 is 10.1 Å². The van der Waals surface area contributed by atoms with Crippen molar-refractivity contribution in [2.75, 3.05) is 19.6 Å². The average molecular weight is 551 g/mol. The number of H-pyrrole nitrogens is 1. The first kappa shape index (κ1) is 26.2. The summed E-state index contributed by atoms with van der Waals surface area (Å²) in [6.07, 6.45) is 3.27. The van der Waals surface area contributed by atoms with Gasteiger partial charge in [0, 0.05) is 36.6 Å². The number of ether oxygens (including phenoxy) is 1. The lowest BCUT2D eigenvalue weighted by atomic mass is 9.95. The van der Waals surface area contributed by atoms with Crippen LogP contribution in [0.15, 0.2) is 65.9 Å². The molecule has 0 saturated carbocycles. The van der Waals surface area contributed by atoms with Crippen LogP contribution in [-0.2, 0) is 4.79 Å². The minimum Gasteiger partial charge on any atom is -0.490 e. The molecule has 0 aliphatic carbocycles. The number of nitro benzene ring substituents is 1. The number of aliphatic imine (C=N–C) groups is 1. The number of halogens is 1. The fourth-order valence-electron chi connectivity index (χ4n) is 4.83. The topological polar surface area (TPSA) is 133 Å². The smallest absolute Gasteiger partial charge is 0.326 e. The molecule has 39 heavy (non-hydrogen) atoms. The molecular weight excluding hydrogens is 524 g/mol. The lowest BCUT2D eigenvalue weighted by molar-refractivity contribution is -0.384. The van der Waals surface area contributed by atoms with Crippen molar-refractivity contribution in [3.05, 3.63) is 92.8 Å². The molecule has 2 aromatic carbocycles. The summed E-state index contributed by atoms with van der Waals surface area (Å²) >= 11 is 6.16. The monoisotopic (exact) mass is 550 g/mol. The Morgan fingerprint density at radius 2 is 1.95 bits per heavy atom. The highest BCUT2D eigenvalue weighted by Crippen LogP contribution is 2.45. The molecule has 0 bridgehead atoms. The second-order valence-corrected chi connectivity index (χ2v) is 10.0. The molecule has 3 heterocycles. The Morgan fingerprint density at radius 3 is 2.59 bits per heavy atom. The fourth-order valence-corrected chi connectivity index (χ4v) is 4.96. The summed E-state index contributed by atoms with van der Waals surface area (Å²) in [4.78, 5) is 48.6. The number of hydrogen-bond acceptors (Lipinski definition) is 6. The van der Waals surface area contributed by atoms with Crippen molar-refractivity contribution in [3.8, 4) is 5.75 Å². The van der Waals surface area contributed by atoms with E-state index < -0.39 is 23.0 Å². The number of hydrogen-bond donors (Lipinski definition) is 2. The maximum Gasteiger partial charge on any atom is 0.326 e. The molecule has 1 saturated heterocycles. The summed E-state index contributed by atoms with van der Waals surface area (Å²) in [6, 6.07) is 11.9. The molecule has 12 heteroatoms. The zero-order valence-corrected chi connectivity index (χ0v) is 22.1. The van der Waals surface area contributed by atoms with Crippen molar-refractivity contribution in [2.45, 2.75) is 32.0 Å². The Kier molecular flexibility index (Phi) is 7.25. The molecule has 202 valence electrons. The van der Waals surface area contributed by atoms with Gasteiger partial charge in [-0.2, -0.15) is 0 Å². The number of carbonyl (C=O) groups is 2. The molecule has 11 nitrogen and oxygen atoms in total. The van der Waals surface area contributed by atoms with E-state index in [1.807, 2.05) is 32.0 Å². The first-order chi connectivity index (χ1) is 18.7. The van der Waals surface area contributed by atoms with Crippen LogP contribution in [0, 0.1) is 10.1 Å². The van der Waals surface area contributed by atoms with Crippen LogP contribution in [0.25, 0.3) is 0 Å². The molecule has 2 unspecified atom stereocenters. The first-order valence-corrected chi connectivity index (χ1v) is 12.9. The van der Waals surface area contributed by atoms with Gasteiger partial charge in [-0.25, -0.2) is 4.79 Å². The second kappa shape index (κ2) is 10.8. The SMILES string of the molecule is CC(C)Oc1cc([N+](=O)[O-])ccc1C1=NC(c2ccc(Cl)cc2)C(c2cc[nH]c2)N1C(=O)N1CCNC(=O)C1. The molecule has 0 spiro atoms. The third kappa shape index (κ3) is 5.30. The van der Waals surface area contributed by atoms with Crippen molar-refractivity contribution in [1.29, 1.82) is 0 Å². The van der Waals surface area contributed by atoms with Gasteiger partial charge >= 0.3 is 6.03 Å². The number of nitrogens with zero attached hydrogens (tertiary/aromatic N) is 4. The van der Waals surface area contributed by atoms with E-state index >= 15 is 0 Å². The molecule has 0 radical (unpaired) electrons. The van der Waals surface area contributed by atoms with Crippen LogP contribution in [0.3, 0.4) is 0 Å². The minimum atomic E-state index is -0.577. The first-order valence-electron chi connectivity index (χ1n) is 12.5. The lowest BCUT2D eigenvalue weighted by Gasteiger charge is -2.35. The van der Waals surface area contributed by atoms with E-state index in [4.69, 9.17) is 21.3 Å². The van der Waals surface area contributed by atoms with Crippen molar-refractivity contribution >= 4 is 35.1 Å². The van der Waals surface area contributed by atoms with Gasteiger partial charge < -0.3 is 19.9 Å². The Hall–Kier alpha value is -4.38. The number of urea groups is 1. The largest absolute Gasteiger partial charge is 0.490 e. The second-order valence-electron chi connectivity index (χ2n) is 9.57. The quantitative estimate of drug-likeness (QED) is 0.345. The number of carbonyl (C=O) groups excluding carboxylic acids is 2. The van der Waals surface area contributed by atoms with E-state index in [1.165, 1.54) is 17.0 Å². The van der Waals surface area contributed by atoms with Crippen LogP contribution in [-0.4, -0.2) is 63.2 Å². The zero-order chi connectivity index (χ0) is 27.7. The van der Waals surface area contributed by atoms with E-state index in [9.17, 15) is 19.7 Å². The summed E-state index contributed by atoms with van der Waals surface area (Å²) in [6.45, 7) is 4.19. The minimum absolute atomic E-state index is 0.0936. The number of aromatic amines is 1. The van der Waals surface area contributed by atoms with E-state index in [2.05, 4.69) is 10.3 Å². The standard InChI is InChI=1S/C27H27ClN6O5/c1-16(2)39-22-13-20(34(37)38)7-8-21(22)26-31-24(17-3-5-19(28)6-4-17)25(18-9-10-29-14-18)33(26)27(36)32-12-11-30-23(35)15-32/h3-10,13-14,16,24-25,29H,11-12,15H2,1-2H3,(H,30,35). The number of rotatable bonds is 6. The molecule has 2 aliphatic rings. The van der Waals surface area contributed by atoms with Crippen LogP contribution in [0.5, 0.6) is 5.75 Å². The van der Waals surface area contributed by atoms with Crippen molar-refractivity contribution in [1.82, 2.24) is 20.1 Å². The van der Waals surface area contributed by atoms with Crippen LogP contribution in [0.1, 0.15) is 42.6 Å². The van der Waals surface area contributed by atoms with Crippen LogP contribution >= 0.6 is 11.6 Å². The third-order valence-corrected chi connectivity index (χ3v) is 6.79. The Labute approximate surface area is 229 Å². The predicted molar refractivity (Wildman–Crippen MR) is 145 cm³/mol. The molecule has 3 aromatic rings.